The van der Waals surface area contributed by atoms with Crippen LogP contribution in [0, 0.1) is 5.82 Å². The van der Waals surface area contributed by atoms with Crippen molar-refractivity contribution in [2.75, 3.05) is 13.7 Å². The van der Waals surface area contributed by atoms with Gasteiger partial charge in [-0.25, -0.2) is 4.39 Å². The van der Waals surface area contributed by atoms with Crippen LogP contribution in [0.1, 0.15) is 28.5 Å². The summed E-state index contributed by atoms with van der Waals surface area (Å²) < 4.78 is 19.5. The second-order valence-electron chi connectivity index (χ2n) is 7.48. The maximum atomic E-state index is 13.8. The predicted octanol–water partition coefficient (Wildman–Crippen LogP) is 4.58. The number of carbonyl (C=O) groups is 1. The Morgan fingerprint density at radius 1 is 1.27 bits per heavy atom. The topological polar surface area (TPSA) is 91.3 Å². The molecule has 0 saturated carbocycles. The second kappa shape index (κ2) is 9.56. The molecule has 33 heavy (non-hydrogen) atoms. The molecule has 0 aliphatic rings. The van der Waals surface area contributed by atoms with E-state index in [1.165, 1.54) is 17.0 Å². The largest absolute Gasteiger partial charge is 0.493 e. The number of aliphatic hydroxyl groups is 1. The molecule has 0 saturated heterocycles. The standard InChI is InChI=1S/C24H22ClFN4O3/c1-3-33-21-9-15(8-19(25)22(21)14-5-4-6-17(26)7-14)24(32)30(2)12-16-10-27-20(13-31)18-11-28-29-23(16)18/h4-11,31H,3,12-13H2,1-2H3,(H,28,29). The van der Waals surface area contributed by atoms with Crippen LogP contribution in [0.25, 0.3) is 22.0 Å². The Hall–Kier alpha value is -3.49. The first-order chi connectivity index (χ1) is 15.9. The van der Waals surface area contributed by atoms with Gasteiger partial charge in [-0.3, -0.25) is 14.9 Å². The maximum absolute atomic E-state index is 13.8. The van der Waals surface area contributed by atoms with E-state index in [-0.39, 0.29) is 24.1 Å². The Balaban J connectivity index is 1.66. The highest BCUT2D eigenvalue weighted by atomic mass is 35.5. The van der Waals surface area contributed by atoms with Gasteiger partial charge in [0.2, 0.25) is 0 Å². The number of hydrogen-bond donors (Lipinski definition) is 2. The van der Waals surface area contributed by atoms with E-state index in [2.05, 4.69) is 15.2 Å². The molecule has 4 rings (SSSR count). The van der Waals surface area contributed by atoms with Crippen molar-refractivity contribution < 1.29 is 19.0 Å². The van der Waals surface area contributed by atoms with Gasteiger partial charge in [0.05, 0.1) is 35.6 Å². The SMILES string of the molecule is CCOc1cc(C(=O)N(C)Cc2cnc(CO)c3cn[nH]c23)cc(Cl)c1-c1cccc(F)c1. The minimum atomic E-state index is -0.392. The summed E-state index contributed by atoms with van der Waals surface area (Å²) in [6.45, 7) is 2.22. The fourth-order valence-electron chi connectivity index (χ4n) is 3.73. The van der Waals surface area contributed by atoms with Crippen LogP contribution >= 0.6 is 11.6 Å². The van der Waals surface area contributed by atoms with Crippen LogP contribution in [-0.2, 0) is 13.2 Å². The van der Waals surface area contributed by atoms with Crippen LogP contribution in [0.2, 0.25) is 5.02 Å². The zero-order valence-corrected chi connectivity index (χ0v) is 18.9. The molecule has 0 aliphatic carbocycles. The fraction of sp³-hybridized carbons (Fsp3) is 0.208. The molecule has 1 amide bonds. The van der Waals surface area contributed by atoms with E-state index < -0.39 is 5.82 Å². The van der Waals surface area contributed by atoms with Crippen molar-refractivity contribution >= 4 is 28.4 Å². The van der Waals surface area contributed by atoms with Crippen LogP contribution in [0.15, 0.2) is 48.8 Å². The number of aromatic nitrogens is 3. The van der Waals surface area contributed by atoms with Gasteiger partial charge in [-0.05, 0) is 36.8 Å². The summed E-state index contributed by atoms with van der Waals surface area (Å²) in [4.78, 5) is 19.0. The van der Waals surface area contributed by atoms with E-state index in [1.54, 1.807) is 43.7 Å². The zero-order valence-electron chi connectivity index (χ0n) is 18.1. The lowest BCUT2D eigenvalue weighted by molar-refractivity contribution is 0.0785. The smallest absolute Gasteiger partial charge is 0.254 e. The number of hydrogen-bond acceptors (Lipinski definition) is 5. The van der Waals surface area contributed by atoms with Crippen molar-refractivity contribution in [2.45, 2.75) is 20.1 Å². The summed E-state index contributed by atoms with van der Waals surface area (Å²) in [6.07, 6.45) is 3.21. The number of nitrogens with zero attached hydrogens (tertiary/aromatic N) is 3. The van der Waals surface area contributed by atoms with Gasteiger partial charge in [0, 0.05) is 41.9 Å². The Morgan fingerprint density at radius 3 is 2.82 bits per heavy atom. The molecule has 9 heteroatoms. The number of pyridine rings is 1. The molecule has 0 atom stereocenters. The molecular formula is C24H22ClFN4O3. The Labute approximate surface area is 194 Å². The lowest BCUT2D eigenvalue weighted by atomic mass is 10.0. The van der Waals surface area contributed by atoms with E-state index in [0.29, 0.717) is 45.6 Å². The molecule has 4 aromatic rings. The molecule has 2 heterocycles. The number of benzene rings is 2. The molecule has 7 nitrogen and oxygen atoms in total. The number of aromatic amines is 1. The van der Waals surface area contributed by atoms with Crippen LogP contribution in [-0.4, -0.2) is 44.7 Å². The Kier molecular flexibility index (Phi) is 6.57. The number of halogens is 2. The van der Waals surface area contributed by atoms with Crippen molar-refractivity contribution in [3.8, 4) is 16.9 Å². The molecule has 0 radical (unpaired) electrons. The monoisotopic (exact) mass is 468 g/mol. The van der Waals surface area contributed by atoms with E-state index >= 15 is 0 Å². The van der Waals surface area contributed by atoms with Crippen molar-refractivity contribution in [1.29, 1.82) is 0 Å². The van der Waals surface area contributed by atoms with E-state index in [9.17, 15) is 14.3 Å². The third-order valence-corrected chi connectivity index (χ3v) is 5.56. The molecule has 0 spiro atoms. The maximum Gasteiger partial charge on any atom is 0.254 e. The molecule has 0 fully saturated rings. The van der Waals surface area contributed by atoms with Gasteiger partial charge in [-0.2, -0.15) is 5.10 Å². The molecule has 0 unspecified atom stereocenters. The second-order valence-corrected chi connectivity index (χ2v) is 7.89. The van der Waals surface area contributed by atoms with Crippen LogP contribution in [0.4, 0.5) is 4.39 Å². The first-order valence-corrected chi connectivity index (χ1v) is 10.7. The van der Waals surface area contributed by atoms with Gasteiger partial charge in [0.1, 0.15) is 11.6 Å². The average molecular weight is 469 g/mol. The third kappa shape index (κ3) is 4.53. The van der Waals surface area contributed by atoms with Gasteiger partial charge in [0.25, 0.3) is 5.91 Å². The van der Waals surface area contributed by atoms with E-state index in [4.69, 9.17) is 16.3 Å². The minimum Gasteiger partial charge on any atom is -0.493 e. The van der Waals surface area contributed by atoms with Gasteiger partial charge < -0.3 is 14.7 Å². The summed E-state index contributed by atoms with van der Waals surface area (Å²) in [5.41, 5.74) is 3.41. The van der Waals surface area contributed by atoms with Crippen molar-refractivity contribution in [3.63, 3.8) is 0 Å². The Bertz CT molecular complexity index is 1320. The van der Waals surface area contributed by atoms with Crippen LogP contribution < -0.4 is 4.74 Å². The number of carbonyl (C=O) groups excluding carboxylic acids is 1. The lowest BCUT2D eigenvalue weighted by Crippen LogP contribution is -2.26. The summed E-state index contributed by atoms with van der Waals surface area (Å²) >= 11 is 6.54. The molecule has 0 aliphatic heterocycles. The number of ether oxygens (including phenoxy) is 1. The first kappa shape index (κ1) is 22.7. The highest BCUT2D eigenvalue weighted by Crippen LogP contribution is 2.38. The lowest BCUT2D eigenvalue weighted by Gasteiger charge is -2.20. The molecule has 2 aromatic carbocycles. The summed E-state index contributed by atoms with van der Waals surface area (Å²) in [6, 6.07) is 9.23. The molecule has 2 N–H and O–H groups in total. The quantitative estimate of drug-likeness (QED) is 0.414. The van der Waals surface area contributed by atoms with Crippen molar-refractivity contribution in [2.24, 2.45) is 0 Å². The number of rotatable bonds is 7. The average Bonchev–Trinajstić information content (AvgIpc) is 3.29. The first-order valence-electron chi connectivity index (χ1n) is 10.3. The normalized spacial score (nSPS) is 11.1. The number of aliphatic hydroxyl groups excluding tert-OH is 1. The minimum absolute atomic E-state index is 0.207. The van der Waals surface area contributed by atoms with Gasteiger partial charge >= 0.3 is 0 Å². The predicted molar refractivity (Wildman–Crippen MR) is 124 cm³/mol. The fourth-order valence-corrected chi connectivity index (χ4v) is 4.05. The highest BCUT2D eigenvalue weighted by molar-refractivity contribution is 6.34. The zero-order chi connectivity index (χ0) is 23.5. The highest BCUT2D eigenvalue weighted by Gasteiger charge is 2.20. The third-order valence-electron chi connectivity index (χ3n) is 5.27. The summed E-state index contributed by atoms with van der Waals surface area (Å²) in [7, 11) is 1.67. The van der Waals surface area contributed by atoms with Crippen LogP contribution in [0.5, 0.6) is 5.75 Å². The van der Waals surface area contributed by atoms with Crippen molar-refractivity contribution in [1.82, 2.24) is 20.1 Å². The molecule has 170 valence electrons. The summed E-state index contributed by atoms with van der Waals surface area (Å²) in [5, 5.41) is 17.4. The molecular weight excluding hydrogens is 447 g/mol. The number of amides is 1. The van der Waals surface area contributed by atoms with Gasteiger partial charge in [0.15, 0.2) is 0 Å². The molecule has 2 aromatic heterocycles. The summed E-state index contributed by atoms with van der Waals surface area (Å²) in [5.74, 6) is -0.267. The number of nitrogens with one attached hydrogen (secondary N) is 1. The van der Waals surface area contributed by atoms with E-state index in [0.717, 1.165) is 5.56 Å². The van der Waals surface area contributed by atoms with Crippen LogP contribution in [0.3, 0.4) is 0 Å². The van der Waals surface area contributed by atoms with Gasteiger partial charge in [-0.1, -0.05) is 23.7 Å². The molecule has 0 bridgehead atoms. The number of H-pyrrole nitrogens is 1. The van der Waals surface area contributed by atoms with Gasteiger partial charge in [-0.15, -0.1) is 0 Å². The number of fused-ring (bicyclic) bond motifs is 1. The van der Waals surface area contributed by atoms with Crippen molar-refractivity contribution in [3.05, 3.63) is 76.5 Å². The Morgan fingerprint density at radius 2 is 2.09 bits per heavy atom. The van der Waals surface area contributed by atoms with E-state index in [1.807, 2.05) is 6.92 Å².